The molecule has 0 amide bonds. The molecule has 132 valence electrons. The lowest BCUT2D eigenvalue weighted by Crippen LogP contribution is -2.40. The highest BCUT2D eigenvalue weighted by molar-refractivity contribution is 14.0. The molecule has 0 spiro atoms. The number of unbranched alkanes of at least 4 members (excludes halogenated alkanes) is 3. The van der Waals surface area contributed by atoms with Crippen LogP contribution in [0.15, 0.2) is 4.99 Å². The van der Waals surface area contributed by atoms with Crippen LogP contribution >= 0.6 is 24.0 Å². The number of ether oxygens (including phenoxy) is 1. The molecule has 2 N–H and O–H groups in total. The molecule has 5 heteroatoms. The van der Waals surface area contributed by atoms with E-state index in [0.717, 1.165) is 38.6 Å². The molecule has 0 aromatic heterocycles. The van der Waals surface area contributed by atoms with E-state index in [0.29, 0.717) is 5.41 Å². The van der Waals surface area contributed by atoms with Crippen LogP contribution in [-0.4, -0.2) is 39.3 Å². The predicted molar refractivity (Wildman–Crippen MR) is 106 cm³/mol. The fourth-order valence-corrected chi connectivity index (χ4v) is 2.83. The SMILES string of the molecule is CCCCCCNC(=NCC1(CCOC)CCC1)NCC.I. The summed E-state index contributed by atoms with van der Waals surface area (Å²) in [4.78, 5) is 4.82. The fourth-order valence-electron chi connectivity index (χ4n) is 2.83. The van der Waals surface area contributed by atoms with Crippen molar-refractivity contribution in [3.63, 3.8) is 0 Å². The van der Waals surface area contributed by atoms with Crippen LogP contribution in [0.3, 0.4) is 0 Å². The Morgan fingerprint density at radius 1 is 1.14 bits per heavy atom. The van der Waals surface area contributed by atoms with Crippen molar-refractivity contribution in [3.8, 4) is 0 Å². The first-order chi connectivity index (χ1) is 10.3. The Morgan fingerprint density at radius 3 is 2.45 bits per heavy atom. The molecule has 0 bridgehead atoms. The van der Waals surface area contributed by atoms with Crippen molar-refractivity contribution in [2.45, 2.75) is 65.2 Å². The van der Waals surface area contributed by atoms with E-state index < -0.39 is 0 Å². The highest BCUT2D eigenvalue weighted by Gasteiger charge is 2.36. The van der Waals surface area contributed by atoms with Gasteiger partial charge in [-0.3, -0.25) is 4.99 Å². The van der Waals surface area contributed by atoms with Crippen molar-refractivity contribution < 1.29 is 4.74 Å². The zero-order valence-corrected chi connectivity index (χ0v) is 17.1. The molecule has 0 aliphatic heterocycles. The van der Waals surface area contributed by atoms with E-state index in [1.165, 1.54) is 44.9 Å². The molecule has 1 aliphatic rings. The minimum absolute atomic E-state index is 0. The second kappa shape index (κ2) is 13.4. The number of halogens is 1. The smallest absolute Gasteiger partial charge is 0.191 e. The van der Waals surface area contributed by atoms with Gasteiger partial charge in [0.1, 0.15) is 0 Å². The predicted octanol–water partition coefficient (Wildman–Crippen LogP) is 3.95. The first kappa shape index (κ1) is 22.0. The molecule has 1 rings (SSSR count). The van der Waals surface area contributed by atoms with Gasteiger partial charge in [0.05, 0.1) is 0 Å². The first-order valence-corrected chi connectivity index (χ1v) is 8.77. The van der Waals surface area contributed by atoms with Gasteiger partial charge in [-0.25, -0.2) is 0 Å². The summed E-state index contributed by atoms with van der Waals surface area (Å²) in [6, 6.07) is 0. The molecule has 0 saturated heterocycles. The molecule has 1 aliphatic carbocycles. The van der Waals surface area contributed by atoms with Gasteiger partial charge in [-0.1, -0.05) is 32.6 Å². The van der Waals surface area contributed by atoms with Gasteiger partial charge in [-0.15, -0.1) is 24.0 Å². The number of hydrogen-bond acceptors (Lipinski definition) is 2. The Kier molecular flexibility index (Phi) is 13.4. The Bertz CT molecular complexity index is 294. The van der Waals surface area contributed by atoms with Crippen molar-refractivity contribution >= 4 is 29.9 Å². The number of methoxy groups -OCH3 is 1. The maximum Gasteiger partial charge on any atom is 0.191 e. The summed E-state index contributed by atoms with van der Waals surface area (Å²) in [7, 11) is 1.79. The average Bonchev–Trinajstić information content (AvgIpc) is 2.45. The highest BCUT2D eigenvalue weighted by Crippen LogP contribution is 2.44. The third kappa shape index (κ3) is 8.56. The van der Waals surface area contributed by atoms with Gasteiger partial charge in [0.25, 0.3) is 0 Å². The summed E-state index contributed by atoms with van der Waals surface area (Å²) in [6.07, 6.45) is 10.2. The largest absolute Gasteiger partial charge is 0.385 e. The van der Waals surface area contributed by atoms with Crippen LogP contribution in [0.4, 0.5) is 0 Å². The summed E-state index contributed by atoms with van der Waals surface area (Å²) in [5.74, 6) is 0.984. The minimum Gasteiger partial charge on any atom is -0.385 e. The maximum atomic E-state index is 5.25. The summed E-state index contributed by atoms with van der Waals surface area (Å²) >= 11 is 0. The minimum atomic E-state index is 0. The summed E-state index contributed by atoms with van der Waals surface area (Å²) in [5.41, 5.74) is 0.403. The molecule has 0 unspecified atom stereocenters. The number of nitrogens with one attached hydrogen (secondary N) is 2. The topological polar surface area (TPSA) is 45.7 Å². The van der Waals surface area contributed by atoms with Crippen molar-refractivity contribution in [1.29, 1.82) is 0 Å². The number of nitrogens with zero attached hydrogens (tertiary/aromatic N) is 1. The van der Waals surface area contributed by atoms with E-state index in [1.807, 2.05) is 0 Å². The number of rotatable bonds is 11. The normalized spacial score (nSPS) is 16.6. The average molecular weight is 425 g/mol. The molecule has 0 heterocycles. The van der Waals surface area contributed by atoms with Gasteiger partial charge >= 0.3 is 0 Å². The zero-order chi connectivity index (χ0) is 15.4. The zero-order valence-electron chi connectivity index (χ0n) is 14.7. The van der Waals surface area contributed by atoms with Gasteiger partial charge in [0.15, 0.2) is 5.96 Å². The van der Waals surface area contributed by atoms with E-state index >= 15 is 0 Å². The van der Waals surface area contributed by atoms with Gasteiger partial charge in [-0.05, 0) is 38.0 Å². The number of guanidine groups is 1. The lowest BCUT2D eigenvalue weighted by Gasteiger charge is -2.40. The summed E-state index contributed by atoms with van der Waals surface area (Å²) in [6.45, 7) is 8.11. The van der Waals surface area contributed by atoms with E-state index in [-0.39, 0.29) is 24.0 Å². The molecule has 0 aromatic rings. The molecule has 0 radical (unpaired) electrons. The van der Waals surface area contributed by atoms with Gasteiger partial charge in [0, 0.05) is 33.4 Å². The van der Waals surface area contributed by atoms with Crippen LogP contribution in [0.25, 0.3) is 0 Å². The fraction of sp³-hybridized carbons (Fsp3) is 0.941. The molecule has 4 nitrogen and oxygen atoms in total. The van der Waals surface area contributed by atoms with Crippen molar-refractivity contribution in [3.05, 3.63) is 0 Å². The monoisotopic (exact) mass is 425 g/mol. The Labute approximate surface area is 154 Å². The molecule has 22 heavy (non-hydrogen) atoms. The lowest BCUT2D eigenvalue weighted by atomic mass is 9.67. The Hall–Kier alpha value is -0.0400. The third-order valence-corrected chi connectivity index (χ3v) is 4.49. The molecule has 1 fully saturated rings. The van der Waals surface area contributed by atoms with Crippen molar-refractivity contribution in [1.82, 2.24) is 10.6 Å². The van der Waals surface area contributed by atoms with Crippen LogP contribution < -0.4 is 10.6 Å². The molecular weight excluding hydrogens is 389 g/mol. The van der Waals surface area contributed by atoms with E-state index in [1.54, 1.807) is 7.11 Å². The standard InChI is InChI=1S/C17H35N3O.HI/c1-4-6-7-8-13-19-16(18-5-2)20-15-17(10-9-11-17)12-14-21-3;/h4-15H2,1-3H3,(H2,18,19,20);1H. The summed E-state index contributed by atoms with van der Waals surface area (Å²) in [5, 5.41) is 6.82. The third-order valence-electron chi connectivity index (χ3n) is 4.49. The molecule has 1 saturated carbocycles. The number of hydrogen-bond donors (Lipinski definition) is 2. The van der Waals surface area contributed by atoms with Crippen LogP contribution in [0.5, 0.6) is 0 Å². The van der Waals surface area contributed by atoms with Crippen LogP contribution in [0, 0.1) is 5.41 Å². The highest BCUT2D eigenvalue weighted by atomic mass is 127. The molecule has 0 atom stereocenters. The number of aliphatic imine (C=N–C) groups is 1. The van der Waals surface area contributed by atoms with Crippen molar-refractivity contribution in [2.75, 3.05) is 33.4 Å². The lowest BCUT2D eigenvalue weighted by molar-refractivity contribution is 0.0778. The Morgan fingerprint density at radius 2 is 1.91 bits per heavy atom. The Balaban J connectivity index is 0.00000441. The van der Waals surface area contributed by atoms with E-state index in [9.17, 15) is 0 Å². The van der Waals surface area contributed by atoms with Gasteiger partial charge in [0.2, 0.25) is 0 Å². The second-order valence-corrected chi connectivity index (χ2v) is 6.28. The quantitative estimate of drug-likeness (QED) is 0.228. The molecular formula is C17H36IN3O. The van der Waals surface area contributed by atoms with Crippen LogP contribution in [0.2, 0.25) is 0 Å². The first-order valence-electron chi connectivity index (χ1n) is 8.77. The summed E-state index contributed by atoms with van der Waals surface area (Å²) < 4.78 is 5.25. The van der Waals surface area contributed by atoms with Crippen LogP contribution in [-0.2, 0) is 4.74 Å². The second-order valence-electron chi connectivity index (χ2n) is 6.28. The molecule has 0 aromatic carbocycles. The van der Waals surface area contributed by atoms with E-state index in [2.05, 4.69) is 24.5 Å². The van der Waals surface area contributed by atoms with E-state index in [4.69, 9.17) is 9.73 Å². The van der Waals surface area contributed by atoms with Crippen LogP contribution in [0.1, 0.15) is 65.2 Å². The van der Waals surface area contributed by atoms with Gasteiger partial charge in [-0.2, -0.15) is 0 Å². The maximum absolute atomic E-state index is 5.25. The van der Waals surface area contributed by atoms with Gasteiger partial charge < -0.3 is 15.4 Å². The van der Waals surface area contributed by atoms with Crippen molar-refractivity contribution in [2.24, 2.45) is 10.4 Å².